The summed E-state index contributed by atoms with van der Waals surface area (Å²) in [7, 11) is 0. The predicted octanol–water partition coefficient (Wildman–Crippen LogP) is 1.90. The highest BCUT2D eigenvalue weighted by Crippen LogP contribution is 2.18. The van der Waals surface area contributed by atoms with Crippen LogP contribution in [0.15, 0.2) is 17.0 Å². The minimum atomic E-state index is -0.873. The number of aliphatic carboxylic acids is 1. The van der Waals surface area contributed by atoms with Crippen LogP contribution in [0.1, 0.15) is 19.8 Å². The molecule has 1 atom stereocenters. The van der Waals surface area contributed by atoms with Crippen molar-refractivity contribution in [1.29, 1.82) is 0 Å². The first-order valence-electron chi connectivity index (χ1n) is 4.60. The Hall–Kier alpha value is -1.17. The Bertz CT molecular complexity index is 346. The lowest BCUT2D eigenvalue weighted by atomic mass is 10.2. The van der Waals surface area contributed by atoms with E-state index in [4.69, 9.17) is 5.11 Å². The summed E-state index contributed by atoms with van der Waals surface area (Å²) >= 11 is 3.24. The molecule has 2 N–H and O–H groups in total. The fourth-order valence-corrected chi connectivity index (χ4v) is 1.46. The van der Waals surface area contributed by atoms with Gasteiger partial charge in [0.25, 0.3) is 0 Å². The van der Waals surface area contributed by atoms with Gasteiger partial charge in [-0.2, -0.15) is 0 Å². The molecule has 1 aromatic heterocycles. The van der Waals surface area contributed by atoms with Crippen molar-refractivity contribution in [1.82, 2.24) is 9.97 Å². The van der Waals surface area contributed by atoms with E-state index in [1.165, 1.54) is 6.33 Å². The third-order valence-electron chi connectivity index (χ3n) is 1.85. The third kappa shape index (κ3) is 3.47. The minimum Gasteiger partial charge on any atom is -0.480 e. The molecule has 0 aliphatic carbocycles. The molecule has 0 unspecified atom stereocenters. The number of rotatable bonds is 5. The molecule has 0 spiro atoms. The quantitative estimate of drug-likeness (QED) is 0.857. The number of aromatic nitrogens is 2. The molecule has 1 aromatic rings. The zero-order valence-corrected chi connectivity index (χ0v) is 9.86. The van der Waals surface area contributed by atoms with E-state index in [1.54, 1.807) is 6.20 Å². The van der Waals surface area contributed by atoms with Crippen LogP contribution in [0.25, 0.3) is 0 Å². The molecule has 82 valence electrons. The van der Waals surface area contributed by atoms with Crippen LogP contribution in [0, 0.1) is 0 Å². The van der Waals surface area contributed by atoms with Crippen LogP contribution in [0.2, 0.25) is 0 Å². The smallest absolute Gasteiger partial charge is 0.326 e. The number of carbonyl (C=O) groups is 1. The van der Waals surface area contributed by atoms with Gasteiger partial charge in [-0.15, -0.1) is 0 Å². The maximum absolute atomic E-state index is 10.9. The van der Waals surface area contributed by atoms with Crippen molar-refractivity contribution in [2.75, 3.05) is 5.32 Å². The van der Waals surface area contributed by atoms with E-state index in [0.29, 0.717) is 16.7 Å². The lowest BCUT2D eigenvalue weighted by Gasteiger charge is -2.14. The van der Waals surface area contributed by atoms with Gasteiger partial charge in [0.15, 0.2) is 0 Å². The number of hydrogen-bond donors (Lipinski definition) is 2. The maximum atomic E-state index is 10.9. The highest BCUT2D eigenvalue weighted by Gasteiger charge is 2.17. The number of nitrogens with one attached hydrogen (secondary N) is 1. The van der Waals surface area contributed by atoms with Crippen molar-refractivity contribution in [2.45, 2.75) is 25.8 Å². The van der Waals surface area contributed by atoms with Crippen LogP contribution < -0.4 is 5.32 Å². The van der Waals surface area contributed by atoms with E-state index in [1.807, 2.05) is 6.92 Å². The highest BCUT2D eigenvalue weighted by atomic mass is 79.9. The zero-order valence-electron chi connectivity index (χ0n) is 8.27. The molecule has 0 fully saturated rings. The Labute approximate surface area is 96.1 Å². The second-order valence-electron chi connectivity index (χ2n) is 3.04. The van der Waals surface area contributed by atoms with Crippen molar-refractivity contribution in [3.8, 4) is 0 Å². The van der Waals surface area contributed by atoms with E-state index in [0.717, 1.165) is 6.42 Å². The highest BCUT2D eigenvalue weighted by molar-refractivity contribution is 9.10. The average molecular weight is 274 g/mol. The first-order valence-corrected chi connectivity index (χ1v) is 5.39. The van der Waals surface area contributed by atoms with Gasteiger partial charge in [0.2, 0.25) is 0 Å². The molecule has 15 heavy (non-hydrogen) atoms. The summed E-state index contributed by atoms with van der Waals surface area (Å²) in [6.45, 7) is 1.94. The van der Waals surface area contributed by atoms with Gasteiger partial charge in [0, 0.05) is 6.20 Å². The maximum Gasteiger partial charge on any atom is 0.326 e. The van der Waals surface area contributed by atoms with E-state index in [2.05, 4.69) is 31.2 Å². The van der Waals surface area contributed by atoms with Gasteiger partial charge < -0.3 is 10.4 Å². The summed E-state index contributed by atoms with van der Waals surface area (Å²) in [4.78, 5) is 18.6. The van der Waals surface area contributed by atoms with Crippen molar-refractivity contribution in [3.05, 3.63) is 17.0 Å². The van der Waals surface area contributed by atoms with E-state index >= 15 is 0 Å². The largest absolute Gasteiger partial charge is 0.480 e. The topological polar surface area (TPSA) is 75.1 Å². The molecular formula is C9H12BrN3O2. The molecule has 0 radical (unpaired) electrons. The van der Waals surface area contributed by atoms with E-state index in [9.17, 15) is 4.79 Å². The molecule has 0 saturated carbocycles. The number of carboxylic acids is 1. The Morgan fingerprint density at radius 3 is 3.00 bits per heavy atom. The summed E-state index contributed by atoms with van der Waals surface area (Å²) in [6, 6.07) is -0.610. The molecule has 0 amide bonds. The molecule has 0 bridgehead atoms. The Morgan fingerprint density at radius 2 is 2.47 bits per heavy atom. The molecule has 0 aliphatic heterocycles. The first-order chi connectivity index (χ1) is 7.15. The molecule has 1 heterocycles. The third-order valence-corrected chi connectivity index (χ3v) is 2.43. The van der Waals surface area contributed by atoms with Crippen LogP contribution in [0.5, 0.6) is 0 Å². The van der Waals surface area contributed by atoms with E-state index in [-0.39, 0.29) is 0 Å². The summed E-state index contributed by atoms with van der Waals surface area (Å²) in [5, 5.41) is 11.8. The number of anilines is 1. The Morgan fingerprint density at radius 1 is 1.73 bits per heavy atom. The zero-order chi connectivity index (χ0) is 11.3. The molecule has 6 heteroatoms. The summed E-state index contributed by atoms with van der Waals surface area (Å²) in [6.07, 6.45) is 4.30. The van der Waals surface area contributed by atoms with Gasteiger partial charge in [-0.05, 0) is 22.4 Å². The molecule has 0 saturated heterocycles. The van der Waals surface area contributed by atoms with Crippen molar-refractivity contribution >= 4 is 27.7 Å². The van der Waals surface area contributed by atoms with Crippen molar-refractivity contribution in [3.63, 3.8) is 0 Å². The second-order valence-corrected chi connectivity index (χ2v) is 3.90. The van der Waals surface area contributed by atoms with Crippen LogP contribution in [0.4, 0.5) is 5.82 Å². The van der Waals surface area contributed by atoms with E-state index < -0.39 is 12.0 Å². The first kappa shape index (κ1) is 11.9. The van der Waals surface area contributed by atoms with Crippen LogP contribution in [0.3, 0.4) is 0 Å². The molecule has 5 nitrogen and oxygen atoms in total. The second kappa shape index (κ2) is 5.65. The normalized spacial score (nSPS) is 12.1. The van der Waals surface area contributed by atoms with Crippen molar-refractivity contribution in [2.24, 2.45) is 0 Å². The fraction of sp³-hybridized carbons (Fsp3) is 0.444. The van der Waals surface area contributed by atoms with Gasteiger partial charge >= 0.3 is 5.97 Å². The lowest BCUT2D eigenvalue weighted by Crippen LogP contribution is -2.29. The van der Waals surface area contributed by atoms with Gasteiger partial charge in [0.05, 0.1) is 4.47 Å². The van der Waals surface area contributed by atoms with Crippen LogP contribution in [-0.2, 0) is 4.79 Å². The Kier molecular flexibility index (Phi) is 4.48. The number of nitrogens with zero attached hydrogens (tertiary/aromatic N) is 2. The summed E-state index contributed by atoms with van der Waals surface area (Å²) in [5.74, 6) is -0.367. The molecule has 1 rings (SSSR count). The average Bonchev–Trinajstić information content (AvgIpc) is 2.20. The number of carboxylic acid groups (broad SMARTS) is 1. The molecule has 0 aliphatic rings. The summed E-state index contributed by atoms with van der Waals surface area (Å²) < 4.78 is 0.660. The standard InChI is InChI=1S/C9H12BrN3O2/c1-2-3-7(9(14)15)13-8-6(10)4-11-5-12-8/h4-5,7H,2-3H2,1H3,(H,14,15)(H,11,12,13)/t7-/m0/s1. The van der Waals surface area contributed by atoms with Gasteiger partial charge in [-0.1, -0.05) is 13.3 Å². The van der Waals surface area contributed by atoms with Crippen LogP contribution in [-0.4, -0.2) is 27.1 Å². The SMILES string of the molecule is CCC[C@H](Nc1ncncc1Br)C(=O)O. The Balaban J connectivity index is 2.74. The van der Waals surface area contributed by atoms with Gasteiger partial charge in [-0.25, -0.2) is 14.8 Å². The van der Waals surface area contributed by atoms with Crippen molar-refractivity contribution < 1.29 is 9.90 Å². The summed E-state index contributed by atoms with van der Waals surface area (Å²) in [5.41, 5.74) is 0. The molecule has 0 aromatic carbocycles. The number of halogens is 1. The lowest BCUT2D eigenvalue weighted by molar-refractivity contribution is -0.138. The fourth-order valence-electron chi connectivity index (χ4n) is 1.13. The van der Waals surface area contributed by atoms with Crippen LogP contribution >= 0.6 is 15.9 Å². The van der Waals surface area contributed by atoms with Gasteiger partial charge in [-0.3, -0.25) is 0 Å². The monoisotopic (exact) mass is 273 g/mol. The minimum absolute atomic E-state index is 0.505. The molecular weight excluding hydrogens is 262 g/mol. The number of hydrogen-bond acceptors (Lipinski definition) is 4. The predicted molar refractivity (Wildman–Crippen MR) is 59.7 cm³/mol. The van der Waals surface area contributed by atoms with Gasteiger partial charge in [0.1, 0.15) is 18.2 Å².